The van der Waals surface area contributed by atoms with E-state index in [1.165, 1.54) is 25.7 Å². The van der Waals surface area contributed by atoms with Crippen molar-refractivity contribution in [2.75, 3.05) is 33.4 Å². The molecule has 1 saturated heterocycles. The molecule has 2 heterocycles. The topological polar surface area (TPSA) is 68.2 Å². The Morgan fingerprint density at radius 2 is 2.20 bits per heavy atom. The molecule has 0 bridgehead atoms. The average Bonchev–Trinajstić information content (AvgIpc) is 3.31. The highest BCUT2D eigenvalue weighted by atomic mass is 35.5. The van der Waals surface area contributed by atoms with Crippen molar-refractivity contribution < 1.29 is 9.53 Å². The minimum Gasteiger partial charge on any atom is -0.385 e. The summed E-state index contributed by atoms with van der Waals surface area (Å²) in [6.45, 7) is 3.15. The first-order chi connectivity index (χ1) is 11.6. The molecule has 2 atom stereocenters. The summed E-state index contributed by atoms with van der Waals surface area (Å²) in [6, 6.07) is 0. The van der Waals surface area contributed by atoms with Crippen LogP contribution in [0.25, 0.3) is 0 Å². The second-order valence-corrected chi connectivity index (χ2v) is 7.49. The summed E-state index contributed by atoms with van der Waals surface area (Å²) in [5.74, 6) is 0.393. The quantitative estimate of drug-likeness (QED) is 0.768. The van der Waals surface area contributed by atoms with Gasteiger partial charge in [0.05, 0.1) is 12.1 Å². The van der Waals surface area contributed by atoms with Crippen molar-refractivity contribution in [1.29, 1.82) is 0 Å². The van der Waals surface area contributed by atoms with Crippen LogP contribution in [0.15, 0.2) is 12.4 Å². The molecule has 6 nitrogen and oxygen atoms in total. The van der Waals surface area contributed by atoms with Gasteiger partial charge in [0, 0.05) is 52.5 Å². The molecule has 3 rings (SSSR count). The number of ether oxygens (including phenoxy) is 1. The van der Waals surface area contributed by atoms with Gasteiger partial charge in [-0.05, 0) is 30.2 Å². The number of nitrogens with zero attached hydrogens (tertiary/aromatic N) is 2. The number of nitrogens with one attached hydrogen (secondary N) is 2. The minimum atomic E-state index is -0.00456. The van der Waals surface area contributed by atoms with Crippen LogP contribution in [0.5, 0.6) is 0 Å². The first-order valence-corrected chi connectivity index (χ1v) is 9.09. The molecule has 1 saturated carbocycles. The van der Waals surface area contributed by atoms with Crippen LogP contribution in [0.4, 0.5) is 0 Å². The third kappa shape index (κ3) is 4.74. The highest BCUT2D eigenvalue weighted by Gasteiger charge is 2.37. The van der Waals surface area contributed by atoms with Gasteiger partial charge in [-0.3, -0.25) is 9.48 Å². The summed E-state index contributed by atoms with van der Waals surface area (Å²) in [5, 5.41) is 10.9. The standard InChI is InChI=1S/C18H30N4O2.ClH/c1-22-12-14(9-21-22)15-10-19-11-16(15)17(23)20-13-18(7-8-24-2)5-3-4-6-18;/h9,12,15-16,19H,3-8,10-11,13H2,1-2H3,(H,20,23);1H/t15-,16+;/m1./s1. The molecule has 0 unspecified atom stereocenters. The van der Waals surface area contributed by atoms with Crippen LogP contribution in [-0.2, 0) is 16.6 Å². The maximum absolute atomic E-state index is 12.8. The summed E-state index contributed by atoms with van der Waals surface area (Å²) < 4.78 is 7.09. The van der Waals surface area contributed by atoms with E-state index in [0.29, 0.717) is 0 Å². The Kier molecular flexibility index (Phi) is 7.28. The zero-order valence-electron chi connectivity index (χ0n) is 15.3. The second-order valence-electron chi connectivity index (χ2n) is 7.49. The molecule has 2 aliphatic rings. The van der Waals surface area contributed by atoms with Crippen LogP contribution < -0.4 is 10.6 Å². The molecule has 25 heavy (non-hydrogen) atoms. The van der Waals surface area contributed by atoms with Gasteiger partial charge >= 0.3 is 0 Å². The number of amides is 1. The lowest BCUT2D eigenvalue weighted by Crippen LogP contribution is -2.41. The molecule has 2 fully saturated rings. The Hall–Kier alpha value is -1.11. The molecular weight excluding hydrogens is 340 g/mol. The number of halogens is 1. The Morgan fingerprint density at radius 1 is 1.44 bits per heavy atom. The van der Waals surface area contributed by atoms with E-state index in [-0.39, 0.29) is 35.6 Å². The molecule has 1 aromatic rings. The van der Waals surface area contributed by atoms with Crippen LogP contribution in [-0.4, -0.2) is 49.0 Å². The van der Waals surface area contributed by atoms with Crippen LogP contribution in [0.1, 0.15) is 43.6 Å². The van der Waals surface area contributed by atoms with Gasteiger partial charge in [-0.2, -0.15) is 5.10 Å². The molecule has 7 heteroatoms. The zero-order valence-corrected chi connectivity index (χ0v) is 16.1. The molecule has 0 aromatic carbocycles. The molecular formula is C18H31ClN4O2. The van der Waals surface area contributed by atoms with E-state index in [1.807, 2.05) is 19.4 Å². The number of hydrogen-bond donors (Lipinski definition) is 2. The number of methoxy groups -OCH3 is 1. The van der Waals surface area contributed by atoms with Crippen molar-refractivity contribution in [2.45, 2.75) is 38.0 Å². The van der Waals surface area contributed by atoms with Crippen LogP contribution >= 0.6 is 12.4 Å². The predicted molar refractivity (Wildman–Crippen MR) is 100.0 cm³/mol. The number of aryl methyl sites for hydroxylation is 1. The van der Waals surface area contributed by atoms with E-state index in [4.69, 9.17) is 4.74 Å². The highest BCUT2D eigenvalue weighted by molar-refractivity contribution is 5.85. The number of hydrogen-bond acceptors (Lipinski definition) is 4. The van der Waals surface area contributed by atoms with E-state index in [9.17, 15) is 4.79 Å². The molecule has 1 aliphatic heterocycles. The molecule has 142 valence electrons. The maximum atomic E-state index is 12.8. The number of aromatic nitrogens is 2. The normalized spacial score (nSPS) is 24.9. The third-order valence-corrected chi connectivity index (χ3v) is 5.84. The average molecular weight is 371 g/mol. The van der Waals surface area contributed by atoms with Gasteiger partial charge in [0.15, 0.2) is 0 Å². The van der Waals surface area contributed by atoms with Crippen molar-refractivity contribution in [3.05, 3.63) is 18.0 Å². The van der Waals surface area contributed by atoms with Crippen molar-refractivity contribution in [2.24, 2.45) is 18.4 Å². The maximum Gasteiger partial charge on any atom is 0.225 e. The highest BCUT2D eigenvalue weighted by Crippen LogP contribution is 2.40. The molecule has 1 amide bonds. The Bertz CT molecular complexity index is 557. The van der Waals surface area contributed by atoms with Gasteiger partial charge in [0.25, 0.3) is 0 Å². The van der Waals surface area contributed by atoms with Gasteiger partial charge in [-0.25, -0.2) is 0 Å². The first kappa shape index (κ1) is 20.2. The summed E-state index contributed by atoms with van der Waals surface area (Å²) in [5.41, 5.74) is 1.39. The zero-order chi connectivity index (χ0) is 17.0. The van der Waals surface area contributed by atoms with Gasteiger partial charge in [0.1, 0.15) is 0 Å². The van der Waals surface area contributed by atoms with Gasteiger partial charge < -0.3 is 15.4 Å². The summed E-state index contributed by atoms with van der Waals surface area (Å²) in [6.07, 6.45) is 9.88. The first-order valence-electron chi connectivity index (χ1n) is 9.09. The summed E-state index contributed by atoms with van der Waals surface area (Å²) in [4.78, 5) is 12.8. The van der Waals surface area contributed by atoms with Gasteiger partial charge in [0.2, 0.25) is 5.91 Å². The monoisotopic (exact) mass is 370 g/mol. The van der Waals surface area contributed by atoms with Gasteiger partial charge in [-0.1, -0.05) is 12.8 Å². The lowest BCUT2D eigenvalue weighted by molar-refractivity contribution is -0.125. The fourth-order valence-corrected chi connectivity index (χ4v) is 4.30. The summed E-state index contributed by atoms with van der Waals surface area (Å²) >= 11 is 0. The minimum absolute atomic E-state index is 0. The Balaban J connectivity index is 0.00000225. The largest absolute Gasteiger partial charge is 0.385 e. The van der Waals surface area contributed by atoms with Gasteiger partial charge in [-0.15, -0.1) is 12.4 Å². The molecule has 0 spiro atoms. The van der Waals surface area contributed by atoms with E-state index in [0.717, 1.165) is 38.2 Å². The third-order valence-electron chi connectivity index (χ3n) is 5.84. The van der Waals surface area contributed by atoms with Crippen molar-refractivity contribution in [3.8, 4) is 0 Å². The van der Waals surface area contributed by atoms with Crippen LogP contribution in [0, 0.1) is 11.3 Å². The SMILES string of the molecule is COCCC1(CNC(=O)[C@H]2CNC[C@@H]2c2cnn(C)c2)CCCC1.Cl. The predicted octanol–water partition coefficient (Wildman–Crippen LogP) is 1.86. The smallest absolute Gasteiger partial charge is 0.225 e. The summed E-state index contributed by atoms with van der Waals surface area (Å²) in [7, 11) is 3.67. The van der Waals surface area contributed by atoms with Crippen LogP contribution in [0.2, 0.25) is 0 Å². The Labute approximate surface area is 156 Å². The van der Waals surface area contributed by atoms with E-state index >= 15 is 0 Å². The lowest BCUT2D eigenvalue weighted by atomic mass is 9.82. The fourth-order valence-electron chi connectivity index (χ4n) is 4.30. The Morgan fingerprint density at radius 3 is 2.84 bits per heavy atom. The number of rotatable bonds is 7. The molecule has 1 aliphatic carbocycles. The van der Waals surface area contributed by atoms with Crippen molar-refractivity contribution >= 4 is 18.3 Å². The molecule has 0 radical (unpaired) electrons. The van der Waals surface area contributed by atoms with E-state index in [1.54, 1.807) is 11.8 Å². The lowest BCUT2D eigenvalue weighted by Gasteiger charge is -2.30. The van der Waals surface area contributed by atoms with Crippen molar-refractivity contribution in [1.82, 2.24) is 20.4 Å². The van der Waals surface area contributed by atoms with E-state index < -0.39 is 0 Å². The second kappa shape index (κ2) is 9.01. The van der Waals surface area contributed by atoms with Crippen LogP contribution in [0.3, 0.4) is 0 Å². The number of carbonyl (C=O) groups is 1. The van der Waals surface area contributed by atoms with E-state index in [2.05, 4.69) is 15.7 Å². The molecule has 1 aromatic heterocycles. The van der Waals surface area contributed by atoms with Crippen molar-refractivity contribution in [3.63, 3.8) is 0 Å². The fraction of sp³-hybridized carbons (Fsp3) is 0.778. The molecule has 2 N–H and O–H groups in total. The number of carbonyl (C=O) groups excluding carboxylic acids is 1.